The van der Waals surface area contributed by atoms with Crippen molar-refractivity contribution in [1.82, 2.24) is 0 Å². The highest BCUT2D eigenvalue weighted by Gasteiger charge is 2.07. The fraction of sp³-hybridized carbons (Fsp3) is 0.0714. The van der Waals surface area contributed by atoms with Crippen molar-refractivity contribution < 1.29 is 4.74 Å². The van der Waals surface area contributed by atoms with Crippen LogP contribution in [0.1, 0.15) is 11.1 Å². The summed E-state index contributed by atoms with van der Waals surface area (Å²) in [6.07, 6.45) is 0. The molecule has 2 N–H and O–H groups in total. The van der Waals surface area contributed by atoms with Gasteiger partial charge >= 0.3 is 0 Å². The third-order valence-corrected chi connectivity index (χ3v) is 2.99. The van der Waals surface area contributed by atoms with Crippen molar-refractivity contribution >= 4 is 21.6 Å². The Bertz CT molecular complexity index is 632. The molecule has 0 aliphatic carbocycles. The zero-order valence-corrected chi connectivity index (χ0v) is 11.4. The Labute approximate surface area is 114 Å². The third kappa shape index (κ3) is 2.63. The van der Waals surface area contributed by atoms with Gasteiger partial charge < -0.3 is 10.5 Å². The summed E-state index contributed by atoms with van der Waals surface area (Å²) in [6, 6.07) is 12.8. The van der Waals surface area contributed by atoms with Crippen molar-refractivity contribution in [2.45, 2.75) is 6.92 Å². The Morgan fingerprint density at radius 2 is 1.94 bits per heavy atom. The Balaban J connectivity index is 2.43. The maximum Gasteiger partial charge on any atom is 0.146 e. The number of ether oxygens (including phenoxy) is 1. The first-order chi connectivity index (χ1) is 8.60. The Kier molecular flexibility index (Phi) is 3.54. The van der Waals surface area contributed by atoms with E-state index in [9.17, 15) is 0 Å². The molecule has 2 aromatic carbocycles. The number of benzene rings is 2. The van der Waals surface area contributed by atoms with Crippen molar-refractivity contribution in [3.8, 4) is 17.6 Å². The smallest absolute Gasteiger partial charge is 0.146 e. The first kappa shape index (κ1) is 12.5. The predicted molar refractivity (Wildman–Crippen MR) is 74.5 cm³/mol. The summed E-state index contributed by atoms with van der Waals surface area (Å²) in [7, 11) is 0. The van der Waals surface area contributed by atoms with E-state index < -0.39 is 0 Å². The van der Waals surface area contributed by atoms with Crippen LogP contribution in [0.4, 0.5) is 5.69 Å². The third-order valence-electron chi connectivity index (χ3n) is 2.50. The van der Waals surface area contributed by atoms with Gasteiger partial charge in [-0.2, -0.15) is 5.26 Å². The lowest BCUT2D eigenvalue weighted by molar-refractivity contribution is 0.477. The second-order valence-electron chi connectivity index (χ2n) is 3.88. The molecule has 4 heteroatoms. The molecule has 0 aromatic heterocycles. The van der Waals surface area contributed by atoms with Crippen molar-refractivity contribution in [2.24, 2.45) is 0 Å². The normalized spacial score (nSPS) is 9.83. The van der Waals surface area contributed by atoms with E-state index >= 15 is 0 Å². The molecule has 0 fully saturated rings. The van der Waals surface area contributed by atoms with Crippen LogP contribution in [0.5, 0.6) is 11.5 Å². The zero-order chi connectivity index (χ0) is 13.1. The molecule has 0 saturated carbocycles. The van der Waals surface area contributed by atoms with E-state index in [0.29, 0.717) is 22.7 Å². The number of nitrogen functional groups attached to an aromatic ring is 1. The summed E-state index contributed by atoms with van der Waals surface area (Å²) in [5, 5.41) is 9.04. The van der Waals surface area contributed by atoms with Crippen LogP contribution in [0, 0.1) is 18.3 Å². The van der Waals surface area contributed by atoms with Crippen LogP contribution < -0.4 is 10.5 Å². The van der Waals surface area contributed by atoms with Crippen molar-refractivity contribution in [2.75, 3.05) is 5.73 Å². The molecule has 3 nitrogen and oxygen atoms in total. The van der Waals surface area contributed by atoms with Crippen LogP contribution in [0.25, 0.3) is 0 Å². The summed E-state index contributed by atoms with van der Waals surface area (Å²) >= 11 is 3.36. The number of aryl methyl sites for hydroxylation is 1. The number of halogens is 1. The Morgan fingerprint density at radius 3 is 2.67 bits per heavy atom. The molecule has 0 unspecified atom stereocenters. The summed E-state index contributed by atoms with van der Waals surface area (Å²) in [5.41, 5.74) is 7.81. The monoisotopic (exact) mass is 302 g/mol. The molecule has 0 atom stereocenters. The Morgan fingerprint density at radius 1 is 1.17 bits per heavy atom. The largest absolute Gasteiger partial charge is 0.456 e. The first-order valence-corrected chi connectivity index (χ1v) is 6.13. The van der Waals surface area contributed by atoms with E-state index in [1.165, 1.54) is 0 Å². The summed E-state index contributed by atoms with van der Waals surface area (Å²) in [4.78, 5) is 0. The molecule has 0 radical (unpaired) electrons. The fourth-order valence-corrected chi connectivity index (χ4v) is 1.86. The van der Waals surface area contributed by atoms with Gasteiger partial charge in [0.1, 0.15) is 17.6 Å². The highest BCUT2D eigenvalue weighted by atomic mass is 79.9. The lowest BCUT2D eigenvalue weighted by Gasteiger charge is -2.11. The summed E-state index contributed by atoms with van der Waals surface area (Å²) < 4.78 is 6.62. The van der Waals surface area contributed by atoms with E-state index in [4.69, 9.17) is 15.7 Å². The molecule has 0 spiro atoms. The number of nitriles is 1. The maximum atomic E-state index is 9.04. The summed E-state index contributed by atoms with van der Waals surface area (Å²) in [6.45, 7) is 1.93. The number of nitrogens with zero attached hydrogens (tertiary/aromatic N) is 1. The molecule has 0 amide bonds. The molecular formula is C14H11BrN2O. The topological polar surface area (TPSA) is 59.0 Å². The van der Waals surface area contributed by atoms with E-state index in [1.807, 2.05) is 19.1 Å². The highest BCUT2D eigenvalue weighted by Crippen LogP contribution is 2.31. The average Bonchev–Trinajstić information content (AvgIpc) is 2.34. The number of nitrogens with two attached hydrogens (primary N) is 1. The zero-order valence-electron chi connectivity index (χ0n) is 9.77. The lowest BCUT2D eigenvalue weighted by Crippen LogP contribution is -1.93. The van der Waals surface area contributed by atoms with Crippen LogP contribution in [-0.4, -0.2) is 0 Å². The number of hydrogen-bond donors (Lipinski definition) is 1. The SMILES string of the molecule is Cc1ccc(N)cc1Oc1cc(Br)ccc1C#N. The average molecular weight is 303 g/mol. The van der Waals surface area contributed by atoms with Crippen molar-refractivity contribution in [1.29, 1.82) is 5.26 Å². The highest BCUT2D eigenvalue weighted by molar-refractivity contribution is 9.10. The number of hydrogen-bond acceptors (Lipinski definition) is 3. The van der Waals surface area contributed by atoms with E-state index in [2.05, 4.69) is 22.0 Å². The summed E-state index contributed by atoms with van der Waals surface area (Å²) in [5.74, 6) is 1.17. The molecular weight excluding hydrogens is 292 g/mol. The molecule has 0 saturated heterocycles. The van der Waals surface area contributed by atoms with Crippen LogP contribution in [0.3, 0.4) is 0 Å². The van der Waals surface area contributed by atoms with Gasteiger partial charge in [-0.05, 0) is 36.8 Å². The van der Waals surface area contributed by atoms with Crippen LogP contribution in [0.2, 0.25) is 0 Å². The maximum absolute atomic E-state index is 9.04. The van der Waals surface area contributed by atoms with Gasteiger partial charge in [0, 0.05) is 16.2 Å². The van der Waals surface area contributed by atoms with Gasteiger partial charge in [0.15, 0.2) is 0 Å². The van der Waals surface area contributed by atoms with Crippen LogP contribution in [0.15, 0.2) is 40.9 Å². The minimum absolute atomic E-state index is 0.486. The lowest BCUT2D eigenvalue weighted by atomic mass is 10.2. The van der Waals surface area contributed by atoms with E-state index in [0.717, 1.165) is 10.0 Å². The van der Waals surface area contributed by atoms with Gasteiger partial charge in [0.25, 0.3) is 0 Å². The van der Waals surface area contributed by atoms with Gasteiger partial charge in [-0.1, -0.05) is 22.0 Å². The number of anilines is 1. The minimum Gasteiger partial charge on any atom is -0.456 e. The first-order valence-electron chi connectivity index (χ1n) is 5.34. The van der Waals surface area contributed by atoms with Crippen molar-refractivity contribution in [3.63, 3.8) is 0 Å². The molecule has 18 heavy (non-hydrogen) atoms. The van der Waals surface area contributed by atoms with E-state index in [1.54, 1.807) is 24.3 Å². The molecule has 90 valence electrons. The minimum atomic E-state index is 0.486. The standard InChI is InChI=1S/C14H11BrN2O/c1-9-2-5-12(17)7-13(9)18-14-6-11(15)4-3-10(14)8-16/h2-7H,17H2,1H3. The predicted octanol–water partition coefficient (Wildman–Crippen LogP) is 4.00. The van der Waals surface area contributed by atoms with Gasteiger partial charge in [-0.25, -0.2) is 0 Å². The molecule has 0 aliphatic rings. The van der Waals surface area contributed by atoms with Crippen LogP contribution in [-0.2, 0) is 0 Å². The quantitative estimate of drug-likeness (QED) is 0.853. The van der Waals surface area contributed by atoms with Gasteiger partial charge in [-0.15, -0.1) is 0 Å². The molecule has 0 bridgehead atoms. The van der Waals surface area contributed by atoms with Crippen molar-refractivity contribution in [3.05, 3.63) is 52.0 Å². The van der Waals surface area contributed by atoms with Gasteiger partial charge in [0.05, 0.1) is 5.56 Å². The number of rotatable bonds is 2. The molecule has 0 aliphatic heterocycles. The van der Waals surface area contributed by atoms with Gasteiger partial charge in [0.2, 0.25) is 0 Å². The Hall–Kier alpha value is -1.99. The fourth-order valence-electron chi connectivity index (χ4n) is 1.52. The molecule has 2 rings (SSSR count). The second-order valence-corrected chi connectivity index (χ2v) is 4.79. The van der Waals surface area contributed by atoms with Gasteiger partial charge in [-0.3, -0.25) is 0 Å². The molecule has 2 aromatic rings. The molecule has 0 heterocycles. The van der Waals surface area contributed by atoms with Crippen LogP contribution >= 0.6 is 15.9 Å². The van der Waals surface area contributed by atoms with E-state index in [-0.39, 0.29) is 0 Å². The second kappa shape index (κ2) is 5.11.